The highest BCUT2D eigenvalue weighted by molar-refractivity contribution is 6.12. The lowest BCUT2D eigenvalue weighted by Gasteiger charge is -2.36. The molecule has 4 heterocycles. The lowest BCUT2D eigenvalue weighted by molar-refractivity contribution is -0.133. The van der Waals surface area contributed by atoms with Crippen LogP contribution in [0.4, 0.5) is 32.8 Å². The van der Waals surface area contributed by atoms with Crippen LogP contribution in [-0.2, 0) is 27.9 Å². The Labute approximate surface area is 420 Å². The van der Waals surface area contributed by atoms with Crippen LogP contribution in [0.1, 0.15) is 68.1 Å². The molecule has 72 heavy (non-hydrogen) atoms. The second kappa shape index (κ2) is 23.9. The molecule has 3 fully saturated rings. The van der Waals surface area contributed by atoms with E-state index in [1.165, 1.54) is 16.7 Å². The molecule has 0 bridgehead atoms. The number of imide groups is 1. The summed E-state index contributed by atoms with van der Waals surface area (Å²) < 4.78 is 18.7. The first kappa shape index (κ1) is 52.1. The molecule has 0 radical (unpaired) electrons. The van der Waals surface area contributed by atoms with Gasteiger partial charge in [-0.25, -0.2) is 9.40 Å². The van der Waals surface area contributed by atoms with Gasteiger partial charge in [0.1, 0.15) is 11.9 Å². The molecule has 4 amide bonds. The SMILES string of the molecule is CC.CC=Cc1cccc(NC(=O)c2nn(C)c3ccc(-c4ccc(N5CCCC5=O)cc4-c4ccc(N5CCN(CCc6cccc(NC7CCC(=O)NC7=O)c6N(C)N=O)CC5)cc4)c(F)c23)c1.CN. The number of para-hydroxylation sites is 1. The highest BCUT2D eigenvalue weighted by Gasteiger charge is 2.29. The van der Waals surface area contributed by atoms with Crippen LogP contribution in [0.15, 0.2) is 108 Å². The molecule has 3 aliphatic heterocycles. The summed E-state index contributed by atoms with van der Waals surface area (Å²) in [5, 5.41) is 17.6. The number of nitroso groups, excluding NO2 is 1. The zero-order valence-corrected chi connectivity index (χ0v) is 41.9. The van der Waals surface area contributed by atoms with Crippen molar-refractivity contribution in [2.45, 2.75) is 58.9 Å². The molecule has 1 aromatic heterocycles. The van der Waals surface area contributed by atoms with E-state index >= 15 is 4.39 Å². The molecule has 0 aliphatic carbocycles. The molecule has 1 atom stereocenters. The monoisotopic (exact) mass is 978 g/mol. The number of piperidine rings is 1. The Kier molecular flexibility index (Phi) is 17.3. The number of fused-ring (bicyclic) bond motifs is 1. The van der Waals surface area contributed by atoms with Gasteiger partial charge in [-0.15, -0.1) is 4.91 Å². The summed E-state index contributed by atoms with van der Waals surface area (Å²) in [5.41, 5.74) is 12.9. The van der Waals surface area contributed by atoms with Crippen molar-refractivity contribution in [3.63, 3.8) is 0 Å². The van der Waals surface area contributed by atoms with E-state index in [0.717, 1.165) is 72.8 Å². The number of amides is 4. The Balaban J connectivity index is 0.00000186. The van der Waals surface area contributed by atoms with E-state index in [4.69, 9.17) is 0 Å². The number of hydrogen-bond donors (Lipinski definition) is 4. The highest BCUT2D eigenvalue weighted by Crippen LogP contribution is 2.40. The van der Waals surface area contributed by atoms with Gasteiger partial charge in [0, 0.05) is 88.8 Å². The third-order valence-electron chi connectivity index (χ3n) is 13.1. The second-order valence-electron chi connectivity index (χ2n) is 17.4. The first-order valence-corrected chi connectivity index (χ1v) is 24.6. The fourth-order valence-corrected chi connectivity index (χ4v) is 9.59. The molecule has 3 aliphatic rings. The Morgan fingerprint density at radius 3 is 2.31 bits per heavy atom. The molecule has 9 rings (SSSR count). The molecule has 0 saturated carbocycles. The first-order valence-electron chi connectivity index (χ1n) is 24.6. The lowest BCUT2D eigenvalue weighted by atomic mass is 9.92. The van der Waals surface area contributed by atoms with E-state index in [0.29, 0.717) is 59.5 Å². The van der Waals surface area contributed by atoms with Crippen molar-refractivity contribution in [1.29, 1.82) is 0 Å². The van der Waals surface area contributed by atoms with Crippen molar-refractivity contribution in [2.24, 2.45) is 18.1 Å². The number of allylic oxidation sites excluding steroid dienone is 1. The maximum atomic E-state index is 17.2. The summed E-state index contributed by atoms with van der Waals surface area (Å²) in [4.78, 5) is 69.2. The Morgan fingerprint density at radius 1 is 0.889 bits per heavy atom. The van der Waals surface area contributed by atoms with Crippen LogP contribution in [-0.4, -0.2) is 97.7 Å². The zero-order chi connectivity index (χ0) is 51.5. The normalized spacial score (nSPS) is 15.9. The number of hydrogen-bond acceptors (Lipinski definition) is 11. The number of piperazine rings is 1. The minimum atomic E-state index is -0.602. The van der Waals surface area contributed by atoms with Gasteiger partial charge >= 0.3 is 0 Å². The summed E-state index contributed by atoms with van der Waals surface area (Å²) in [6, 6.07) is 29.9. The predicted octanol–water partition coefficient (Wildman–Crippen LogP) is 8.76. The second-order valence-corrected chi connectivity index (χ2v) is 17.4. The number of rotatable bonds is 14. The van der Waals surface area contributed by atoms with Gasteiger partial charge in [0.25, 0.3) is 5.91 Å². The minimum absolute atomic E-state index is 0.0235. The average Bonchev–Trinajstić information content (AvgIpc) is 4.00. The fourth-order valence-electron chi connectivity index (χ4n) is 9.59. The Morgan fingerprint density at radius 2 is 1.61 bits per heavy atom. The van der Waals surface area contributed by atoms with E-state index in [2.05, 4.69) is 54.0 Å². The molecular formula is C55H64FN11O5. The number of carbonyl (C=O) groups excluding carboxylic acids is 4. The summed E-state index contributed by atoms with van der Waals surface area (Å²) in [6.45, 7) is 10.4. The van der Waals surface area contributed by atoms with Crippen molar-refractivity contribution in [1.82, 2.24) is 20.0 Å². The Bertz CT molecular complexity index is 2960. The molecule has 5 N–H and O–H groups in total. The fraction of sp³-hybridized carbons (Fsp3) is 0.327. The number of aromatic nitrogens is 2. The third kappa shape index (κ3) is 11.4. The average molecular weight is 978 g/mol. The van der Waals surface area contributed by atoms with Gasteiger partial charge in [0.15, 0.2) is 5.69 Å². The van der Waals surface area contributed by atoms with E-state index in [1.54, 1.807) is 37.2 Å². The molecule has 6 aromatic rings. The number of benzene rings is 5. The van der Waals surface area contributed by atoms with Crippen molar-refractivity contribution < 1.29 is 23.6 Å². The highest BCUT2D eigenvalue weighted by atomic mass is 19.1. The molecule has 17 heteroatoms. The molecule has 3 saturated heterocycles. The number of anilines is 5. The third-order valence-corrected chi connectivity index (χ3v) is 13.1. The molecule has 16 nitrogen and oxygen atoms in total. The summed E-state index contributed by atoms with van der Waals surface area (Å²) >= 11 is 0. The van der Waals surface area contributed by atoms with Gasteiger partial charge in [-0.05, 0) is 116 Å². The van der Waals surface area contributed by atoms with Gasteiger partial charge in [-0.3, -0.25) is 34.1 Å². The number of nitrogens with zero attached hydrogens (tertiary/aromatic N) is 7. The quantitative estimate of drug-likeness (QED) is 0.0464. The maximum absolute atomic E-state index is 17.2. The number of nitrogens with one attached hydrogen (secondary N) is 3. The summed E-state index contributed by atoms with van der Waals surface area (Å²) in [7, 11) is 4.78. The predicted molar refractivity (Wildman–Crippen MR) is 286 cm³/mol. The van der Waals surface area contributed by atoms with Gasteiger partial charge in [-0.1, -0.05) is 68.5 Å². The topological polar surface area (TPSA) is 191 Å². The zero-order valence-electron chi connectivity index (χ0n) is 41.9. The van der Waals surface area contributed by atoms with Gasteiger partial charge < -0.3 is 26.2 Å². The molecular weight excluding hydrogens is 914 g/mol. The van der Waals surface area contributed by atoms with Crippen molar-refractivity contribution in [3.05, 3.63) is 131 Å². The van der Waals surface area contributed by atoms with Crippen LogP contribution in [0.5, 0.6) is 0 Å². The van der Waals surface area contributed by atoms with Crippen LogP contribution in [0.3, 0.4) is 0 Å². The molecule has 1 unspecified atom stereocenters. The molecule has 0 spiro atoms. The van der Waals surface area contributed by atoms with E-state index < -0.39 is 23.7 Å². The molecule has 376 valence electrons. The number of carbonyl (C=O) groups is 4. The van der Waals surface area contributed by atoms with Gasteiger partial charge in [-0.2, -0.15) is 5.10 Å². The van der Waals surface area contributed by atoms with Crippen LogP contribution < -0.4 is 36.5 Å². The van der Waals surface area contributed by atoms with E-state index in [1.807, 2.05) is 99.7 Å². The van der Waals surface area contributed by atoms with Crippen molar-refractivity contribution in [3.8, 4) is 22.3 Å². The largest absolute Gasteiger partial charge is 0.372 e. The van der Waals surface area contributed by atoms with Gasteiger partial charge in [0.2, 0.25) is 17.7 Å². The van der Waals surface area contributed by atoms with Gasteiger partial charge in [0.05, 0.1) is 27.6 Å². The number of nitrogens with two attached hydrogens (primary N) is 1. The maximum Gasteiger partial charge on any atom is 0.276 e. The van der Waals surface area contributed by atoms with Crippen LogP contribution >= 0.6 is 0 Å². The van der Waals surface area contributed by atoms with Crippen LogP contribution in [0.2, 0.25) is 0 Å². The smallest absolute Gasteiger partial charge is 0.276 e. The Hall–Kier alpha value is -7.76. The minimum Gasteiger partial charge on any atom is -0.372 e. The lowest BCUT2D eigenvalue weighted by Crippen LogP contribution is -2.47. The number of aryl methyl sites for hydroxylation is 1. The number of halogens is 1. The standard InChI is InChI=1S/C52H53FN10O5.C2H6.CH5N/c1-4-8-33-9-5-11-36(31-33)54-52(67)49-47-44(59(2)57-49)22-20-40(48(47)53)39-19-18-38(63-25-7-13-46(63)65)32-41(39)34-14-16-37(17-15-34)62-29-27-61(28-30-62)26-24-35-10-6-12-42(50(35)60(3)58-68)55-43-21-23-45(64)56-51(43)66;2*1-2/h4-6,8-12,14-20,22,31-32,43,55H,7,13,21,23-30H2,1-3H3,(H,54,67)(H,56,64,66);1-2H3;2H2,1H3. The van der Waals surface area contributed by atoms with Crippen LogP contribution in [0, 0.1) is 10.7 Å². The van der Waals surface area contributed by atoms with Crippen molar-refractivity contribution in [2.75, 3.05) is 78.8 Å². The van der Waals surface area contributed by atoms with E-state index in [-0.39, 0.29) is 29.3 Å². The van der Waals surface area contributed by atoms with E-state index in [9.17, 15) is 24.1 Å². The summed E-state index contributed by atoms with van der Waals surface area (Å²) in [6.07, 6.45) is 6.32. The van der Waals surface area contributed by atoms with Crippen molar-refractivity contribution >= 4 is 69.0 Å². The first-order chi connectivity index (χ1) is 35.0. The van der Waals surface area contributed by atoms with Crippen LogP contribution in [0.25, 0.3) is 39.2 Å². The molecule has 5 aromatic carbocycles. The summed E-state index contributed by atoms with van der Waals surface area (Å²) in [5.74, 6) is -1.73.